The van der Waals surface area contributed by atoms with Gasteiger partial charge in [-0.15, -0.1) is 0 Å². The number of carbonyl (C=O) groups is 1. The van der Waals surface area contributed by atoms with Crippen LogP contribution in [0.15, 0.2) is 53.4 Å². The fourth-order valence-electron chi connectivity index (χ4n) is 3.18. The molecule has 1 saturated heterocycles. The van der Waals surface area contributed by atoms with E-state index in [9.17, 15) is 13.2 Å². The molecule has 1 unspecified atom stereocenters. The van der Waals surface area contributed by atoms with Gasteiger partial charge in [-0.1, -0.05) is 24.6 Å². The molecule has 0 bridgehead atoms. The van der Waals surface area contributed by atoms with Gasteiger partial charge in [0.15, 0.2) is 6.10 Å². The van der Waals surface area contributed by atoms with Crippen molar-refractivity contribution in [2.45, 2.75) is 24.8 Å². The second-order valence-electron chi connectivity index (χ2n) is 7.07. The molecule has 1 aliphatic heterocycles. The Hall–Kier alpha value is -2.13. The van der Waals surface area contributed by atoms with Gasteiger partial charge in [0.25, 0.3) is 5.91 Å². The van der Waals surface area contributed by atoms with Gasteiger partial charge in [-0.3, -0.25) is 4.79 Å². The van der Waals surface area contributed by atoms with Crippen molar-refractivity contribution in [3.05, 3.63) is 53.6 Å². The highest BCUT2D eigenvalue weighted by Crippen LogP contribution is 2.22. The van der Waals surface area contributed by atoms with Gasteiger partial charge in [0.1, 0.15) is 5.75 Å². The highest BCUT2D eigenvalue weighted by atomic mass is 35.5. The minimum Gasteiger partial charge on any atom is -0.481 e. The molecule has 162 valence electrons. The summed E-state index contributed by atoms with van der Waals surface area (Å²) in [4.78, 5) is 14.9. The quantitative estimate of drug-likeness (QED) is 0.699. The molecule has 0 saturated carbocycles. The Kier molecular flexibility index (Phi) is 7.36. The van der Waals surface area contributed by atoms with Crippen LogP contribution in [0.1, 0.15) is 13.8 Å². The topological polar surface area (TPSA) is 79.0 Å². The maximum Gasteiger partial charge on any atom is 0.265 e. The minimum absolute atomic E-state index is 0.163. The van der Waals surface area contributed by atoms with Crippen molar-refractivity contribution >= 4 is 33.2 Å². The van der Waals surface area contributed by atoms with E-state index >= 15 is 0 Å². The lowest BCUT2D eigenvalue weighted by atomic mass is 10.3. The summed E-state index contributed by atoms with van der Waals surface area (Å²) in [5.41, 5.74) is 0.403. The first-order chi connectivity index (χ1) is 14.3. The second-order valence-corrected chi connectivity index (χ2v) is 9.44. The highest BCUT2D eigenvalue weighted by Gasteiger charge is 2.28. The van der Waals surface area contributed by atoms with E-state index in [0.29, 0.717) is 42.6 Å². The van der Waals surface area contributed by atoms with Crippen molar-refractivity contribution in [2.24, 2.45) is 0 Å². The summed E-state index contributed by atoms with van der Waals surface area (Å²) in [6.45, 7) is 6.94. The predicted molar refractivity (Wildman–Crippen MR) is 117 cm³/mol. The Morgan fingerprint density at radius 3 is 2.43 bits per heavy atom. The van der Waals surface area contributed by atoms with E-state index < -0.39 is 16.1 Å². The monoisotopic (exact) mass is 451 g/mol. The number of hydrogen-bond acceptors (Lipinski definition) is 5. The maximum atomic E-state index is 13.0. The largest absolute Gasteiger partial charge is 0.481 e. The molecule has 1 atom stereocenters. The average molecular weight is 452 g/mol. The molecule has 2 aromatic carbocycles. The molecule has 1 heterocycles. The van der Waals surface area contributed by atoms with Crippen LogP contribution < -0.4 is 10.1 Å². The molecule has 1 aliphatic rings. The molecule has 3 rings (SSSR count). The SMILES string of the molecule is CCN1CCN(S(=O)(=O)c2cccc(NC(=O)C(C)Oc3ccc(Cl)cc3)c2)CC1. The number of likely N-dealkylation sites (N-methyl/N-ethyl adjacent to an activating group) is 1. The summed E-state index contributed by atoms with van der Waals surface area (Å²) in [7, 11) is -3.61. The second kappa shape index (κ2) is 9.78. The van der Waals surface area contributed by atoms with E-state index in [1.807, 2.05) is 0 Å². The summed E-state index contributed by atoms with van der Waals surface area (Å²) in [5.74, 6) is 0.139. The molecule has 0 aromatic heterocycles. The van der Waals surface area contributed by atoms with E-state index in [4.69, 9.17) is 16.3 Å². The van der Waals surface area contributed by atoms with E-state index in [1.54, 1.807) is 49.4 Å². The van der Waals surface area contributed by atoms with Crippen LogP contribution in [0.4, 0.5) is 5.69 Å². The zero-order chi connectivity index (χ0) is 21.7. The molecular formula is C21H26ClN3O4S. The molecule has 0 radical (unpaired) electrons. The first kappa shape index (κ1) is 22.6. The number of rotatable bonds is 7. The van der Waals surface area contributed by atoms with Gasteiger partial charge in [0.2, 0.25) is 10.0 Å². The van der Waals surface area contributed by atoms with Crippen LogP contribution in [0.25, 0.3) is 0 Å². The molecule has 30 heavy (non-hydrogen) atoms. The number of nitrogens with zero attached hydrogens (tertiary/aromatic N) is 2. The Labute approximate surface area is 182 Å². The van der Waals surface area contributed by atoms with Crippen LogP contribution in [0.2, 0.25) is 5.02 Å². The van der Waals surface area contributed by atoms with Crippen molar-refractivity contribution in [1.29, 1.82) is 0 Å². The number of sulfonamides is 1. The number of benzene rings is 2. The lowest BCUT2D eigenvalue weighted by Crippen LogP contribution is -2.48. The number of ether oxygens (including phenoxy) is 1. The highest BCUT2D eigenvalue weighted by molar-refractivity contribution is 7.89. The normalized spacial score (nSPS) is 16.8. The lowest BCUT2D eigenvalue weighted by molar-refractivity contribution is -0.122. The fourth-order valence-corrected chi connectivity index (χ4v) is 4.78. The Morgan fingerprint density at radius 1 is 1.13 bits per heavy atom. The van der Waals surface area contributed by atoms with Crippen molar-refractivity contribution in [3.63, 3.8) is 0 Å². The molecule has 0 spiro atoms. The summed E-state index contributed by atoms with van der Waals surface area (Å²) >= 11 is 5.85. The molecule has 1 N–H and O–H groups in total. The number of piperazine rings is 1. The van der Waals surface area contributed by atoms with Gasteiger partial charge in [-0.25, -0.2) is 8.42 Å². The maximum absolute atomic E-state index is 13.0. The van der Waals surface area contributed by atoms with Gasteiger partial charge >= 0.3 is 0 Å². The van der Waals surface area contributed by atoms with Crippen LogP contribution >= 0.6 is 11.6 Å². The van der Waals surface area contributed by atoms with E-state index in [2.05, 4.69) is 17.1 Å². The fraction of sp³-hybridized carbons (Fsp3) is 0.381. The standard InChI is InChI=1S/C21H26ClN3O4S/c1-3-24-11-13-25(14-12-24)30(27,28)20-6-4-5-18(15-20)23-21(26)16(2)29-19-9-7-17(22)8-10-19/h4-10,15-16H,3,11-14H2,1-2H3,(H,23,26). The van der Waals surface area contributed by atoms with Crippen molar-refractivity contribution < 1.29 is 17.9 Å². The van der Waals surface area contributed by atoms with Crippen molar-refractivity contribution in [2.75, 3.05) is 38.0 Å². The Morgan fingerprint density at radius 2 is 1.80 bits per heavy atom. The number of halogens is 1. The molecule has 0 aliphatic carbocycles. The van der Waals surface area contributed by atoms with Crippen LogP contribution in [-0.2, 0) is 14.8 Å². The summed E-state index contributed by atoms with van der Waals surface area (Å²) in [6, 6.07) is 13.0. The van der Waals surface area contributed by atoms with E-state index in [1.165, 1.54) is 10.4 Å². The van der Waals surface area contributed by atoms with Gasteiger partial charge in [-0.2, -0.15) is 4.31 Å². The van der Waals surface area contributed by atoms with Gasteiger partial charge in [-0.05, 0) is 55.9 Å². The third kappa shape index (κ3) is 5.51. The van der Waals surface area contributed by atoms with Crippen molar-refractivity contribution in [1.82, 2.24) is 9.21 Å². The first-order valence-electron chi connectivity index (χ1n) is 9.85. The number of anilines is 1. The third-order valence-electron chi connectivity index (χ3n) is 5.01. The molecule has 1 amide bonds. The molecule has 7 nitrogen and oxygen atoms in total. The first-order valence-corrected chi connectivity index (χ1v) is 11.7. The molecule has 2 aromatic rings. The number of amides is 1. The molecule has 1 fully saturated rings. The third-order valence-corrected chi connectivity index (χ3v) is 7.16. The predicted octanol–water partition coefficient (Wildman–Crippen LogP) is 3.07. The number of nitrogens with one attached hydrogen (secondary N) is 1. The Bertz CT molecular complexity index is 974. The summed E-state index contributed by atoms with van der Waals surface area (Å²) in [5, 5.41) is 3.30. The zero-order valence-corrected chi connectivity index (χ0v) is 18.6. The average Bonchev–Trinajstić information content (AvgIpc) is 2.75. The van der Waals surface area contributed by atoms with Crippen LogP contribution in [0.5, 0.6) is 5.75 Å². The smallest absolute Gasteiger partial charge is 0.265 e. The summed E-state index contributed by atoms with van der Waals surface area (Å²) < 4.78 is 33.1. The molecule has 9 heteroatoms. The van der Waals surface area contributed by atoms with Crippen LogP contribution in [-0.4, -0.2) is 62.4 Å². The van der Waals surface area contributed by atoms with Crippen molar-refractivity contribution in [3.8, 4) is 5.75 Å². The van der Waals surface area contributed by atoms with Gasteiger partial charge < -0.3 is 15.0 Å². The van der Waals surface area contributed by atoms with E-state index in [-0.39, 0.29) is 10.8 Å². The number of carbonyl (C=O) groups excluding carboxylic acids is 1. The van der Waals surface area contributed by atoms with Gasteiger partial charge in [0, 0.05) is 36.9 Å². The van der Waals surface area contributed by atoms with Gasteiger partial charge in [0.05, 0.1) is 4.90 Å². The van der Waals surface area contributed by atoms with E-state index in [0.717, 1.165) is 6.54 Å². The summed E-state index contributed by atoms with van der Waals surface area (Å²) in [6.07, 6.45) is -0.770. The van der Waals surface area contributed by atoms with Crippen LogP contribution in [0.3, 0.4) is 0 Å². The number of hydrogen-bond donors (Lipinski definition) is 1. The molecular weight excluding hydrogens is 426 g/mol. The van der Waals surface area contributed by atoms with Crippen LogP contribution in [0, 0.1) is 0 Å². The minimum atomic E-state index is -3.61. The Balaban J connectivity index is 1.66. The lowest BCUT2D eigenvalue weighted by Gasteiger charge is -2.33. The zero-order valence-electron chi connectivity index (χ0n) is 17.0.